The average molecular weight is 294 g/mol. The SMILES string of the molecule is CC(N)CCC(=O)NCC(O)c1cccc(OC(C)C)c1. The van der Waals surface area contributed by atoms with E-state index in [0.29, 0.717) is 18.6 Å². The minimum Gasteiger partial charge on any atom is -0.491 e. The molecule has 2 atom stereocenters. The molecule has 0 aliphatic carbocycles. The van der Waals surface area contributed by atoms with Gasteiger partial charge >= 0.3 is 0 Å². The topological polar surface area (TPSA) is 84.6 Å². The fourth-order valence-electron chi connectivity index (χ4n) is 1.84. The Labute approximate surface area is 126 Å². The Kier molecular flexibility index (Phi) is 7.19. The van der Waals surface area contributed by atoms with Gasteiger partial charge in [0.05, 0.1) is 12.2 Å². The van der Waals surface area contributed by atoms with Crippen LogP contribution in [0, 0.1) is 0 Å². The molecule has 0 bridgehead atoms. The summed E-state index contributed by atoms with van der Waals surface area (Å²) in [5.41, 5.74) is 6.32. The Morgan fingerprint density at radius 1 is 1.38 bits per heavy atom. The third kappa shape index (κ3) is 7.11. The van der Waals surface area contributed by atoms with Crippen LogP contribution in [-0.2, 0) is 4.79 Å². The number of hydrogen-bond acceptors (Lipinski definition) is 4. The van der Waals surface area contributed by atoms with Crippen molar-refractivity contribution in [1.29, 1.82) is 0 Å². The molecule has 0 saturated carbocycles. The molecule has 1 aromatic carbocycles. The van der Waals surface area contributed by atoms with Crippen molar-refractivity contribution < 1.29 is 14.6 Å². The number of carbonyl (C=O) groups is 1. The predicted molar refractivity (Wildman–Crippen MR) is 83.1 cm³/mol. The summed E-state index contributed by atoms with van der Waals surface area (Å²) in [6.07, 6.45) is 0.343. The Bertz CT molecular complexity index is 447. The summed E-state index contributed by atoms with van der Waals surface area (Å²) in [7, 11) is 0. The van der Waals surface area contributed by atoms with Crippen LogP contribution in [-0.4, -0.2) is 29.7 Å². The smallest absolute Gasteiger partial charge is 0.220 e. The lowest BCUT2D eigenvalue weighted by Gasteiger charge is -2.15. The minimum absolute atomic E-state index is 0.00513. The van der Waals surface area contributed by atoms with E-state index in [1.807, 2.05) is 39.0 Å². The van der Waals surface area contributed by atoms with Crippen LogP contribution in [0.25, 0.3) is 0 Å². The number of benzene rings is 1. The maximum Gasteiger partial charge on any atom is 0.220 e. The molecule has 0 fully saturated rings. The Hall–Kier alpha value is -1.59. The summed E-state index contributed by atoms with van der Waals surface area (Å²) >= 11 is 0. The molecule has 0 heterocycles. The number of aliphatic hydroxyl groups is 1. The number of amides is 1. The van der Waals surface area contributed by atoms with Crippen LogP contribution in [0.4, 0.5) is 0 Å². The summed E-state index contributed by atoms with van der Waals surface area (Å²) in [5.74, 6) is 0.616. The molecule has 5 heteroatoms. The van der Waals surface area contributed by atoms with Gasteiger partial charge in [-0.1, -0.05) is 12.1 Å². The van der Waals surface area contributed by atoms with E-state index in [1.165, 1.54) is 0 Å². The van der Waals surface area contributed by atoms with Gasteiger partial charge in [0.15, 0.2) is 0 Å². The highest BCUT2D eigenvalue weighted by Gasteiger charge is 2.11. The van der Waals surface area contributed by atoms with Crippen molar-refractivity contribution in [3.63, 3.8) is 0 Å². The third-order valence-electron chi connectivity index (χ3n) is 2.93. The van der Waals surface area contributed by atoms with Crippen LogP contribution in [0.5, 0.6) is 5.75 Å². The summed E-state index contributed by atoms with van der Waals surface area (Å²) in [6, 6.07) is 7.28. The average Bonchev–Trinajstić information content (AvgIpc) is 2.42. The Morgan fingerprint density at radius 2 is 2.10 bits per heavy atom. The lowest BCUT2D eigenvalue weighted by atomic mass is 10.1. The highest BCUT2D eigenvalue weighted by molar-refractivity contribution is 5.75. The highest BCUT2D eigenvalue weighted by atomic mass is 16.5. The van der Waals surface area contributed by atoms with Crippen molar-refractivity contribution in [3.05, 3.63) is 29.8 Å². The van der Waals surface area contributed by atoms with Gasteiger partial charge in [0.2, 0.25) is 5.91 Å². The predicted octanol–water partition coefficient (Wildman–Crippen LogP) is 1.75. The summed E-state index contributed by atoms with van der Waals surface area (Å²) in [6.45, 7) is 5.94. The first kappa shape index (κ1) is 17.5. The van der Waals surface area contributed by atoms with Gasteiger partial charge in [-0.05, 0) is 44.9 Å². The van der Waals surface area contributed by atoms with E-state index >= 15 is 0 Å². The van der Waals surface area contributed by atoms with E-state index in [2.05, 4.69) is 5.32 Å². The van der Waals surface area contributed by atoms with Gasteiger partial charge in [-0.2, -0.15) is 0 Å². The first-order valence-corrected chi connectivity index (χ1v) is 7.35. The normalized spacial score (nSPS) is 13.8. The molecule has 1 amide bonds. The largest absolute Gasteiger partial charge is 0.491 e. The Morgan fingerprint density at radius 3 is 2.71 bits per heavy atom. The second-order valence-electron chi connectivity index (χ2n) is 5.57. The molecular formula is C16H26N2O3. The fourth-order valence-corrected chi connectivity index (χ4v) is 1.84. The molecule has 0 saturated heterocycles. The number of carbonyl (C=O) groups excluding carboxylic acids is 1. The van der Waals surface area contributed by atoms with Crippen molar-refractivity contribution >= 4 is 5.91 Å². The van der Waals surface area contributed by atoms with Crippen LogP contribution in [0.1, 0.15) is 45.3 Å². The van der Waals surface area contributed by atoms with Gasteiger partial charge in [-0.25, -0.2) is 0 Å². The lowest BCUT2D eigenvalue weighted by Crippen LogP contribution is -2.29. The van der Waals surface area contributed by atoms with Gasteiger partial charge in [0, 0.05) is 19.0 Å². The number of aliphatic hydroxyl groups excluding tert-OH is 1. The summed E-state index contributed by atoms with van der Waals surface area (Å²) in [4.78, 5) is 11.6. The zero-order valence-electron chi connectivity index (χ0n) is 13.0. The molecule has 2 unspecified atom stereocenters. The number of nitrogens with one attached hydrogen (secondary N) is 1. The van der Waals surface area contributed by atoms with Crippen molar-refractivity contribution in [2.24, 2.45) is 5.73 Å². The van der Waals surface area contributed by atoms with E-state index in [0.717, 1.165) is 5.56 Å². The van der Waals surface area contributed by atoms with Gasteiger partial charge in [-0.15, -0.1) is 0 Å². The molecule has 1 aromatic rings. The van der Waals surface area contributed by atoms with Crippen LogP contribution in [0.3, 0.4) is 0 Å². The van der Waals surface area contributed by atoms with Gasteiger partial charge in [-0.3, -0.25) is 4.79 Å². The maximum absolute atomic E-state index is 11.6. The van der Waals surface area contributed by atoms with Crippen molar-refractivity contribution in [2.45, 2.75) is 51.9 Å². The van der Waals surface area contributed by atoms with E-state index in [4.69, 9.17) is 10.5 Å². The summed E-state index contributed by atoms with van der Waals surface area (Å²) < 4.78 is 5.58. The molecule has 0 aromatic heterocycles. The lowest BCUT2D eigenvalue weighted by molar-refractivity contribution is -0.121. The maximum atomic E-state index is 11.6. The second-order valence-corrected chi connectivity index (χ2v) is 5.57. The van der Waals surface area contributed by atoms with Crippen LogP contribution < -0.4 is 15.8 Å². The Balaban J connectivity index is 2.48. The minimum atomic E-state index is -0.750. The number of nitrogens with two attached hydrogens (primary N) is 1. The summed E-state index contributed by atoms with van der Waals surface area (Å²) in [5, 5.41) is 12.8. The number of ether oxygens (including phenoxy) is 1. The van der Waals surface area contributed by atoms with Gasteiger partial charge in [0.1, 0.15) is 5.75 Å². The molecule has 5 nitrogen and oxygen atoms in total. The fraction of sp³-hybridized carbons (Fsp3) is 0.562. The zero-order chi connectivity index (χ0) is 15.8. The highest BCUT2D eigenvalue weighted by Crippen LogP contribution is 2.19. The molecule has 0 aliphatic rings. The molecule has 4 N–H and O–H groups in total. The molecule has 0 radical (unpaired) electrons. The van der Waals surface area contributed by atoms with Crippen LogP contribution in [0.15, 0.2) is 24.3 Å². The van der Waals surface area contributed by atoms with Gasteiger partial charge < -0.3 is 20.9 Å². The van der Waals surface area contributed by atoms with Crippen LogP contribution >= 0.6 is 0 Å². The molecule has 21 heavy (non-hydrogen) atoms. The first-order chi connectivity index (χ1) is 9.88. The first-order valence-electron chi connectivity index (χ1n) is 7.35. The second kappa shape index (κ2) is 8.64. The van der Waals surface area contributed by atoms with Crippen molar-refractivity contribution in [2.75, 3.05) is 6.54 Å². The number of hydrogen-bond donors (Lipinski definition) is 3. The molecule has 118 valence electrons. The van der Waals surface area contributed by atoms with E-state index < -0.39 is 6.10 Å². The van der Waals surface area contributed by atoms with E-state index in [1.54, 1.807) is 6.07 Å². The van der Waals surface area contributed by atoms with E-state index in [-0.39, 0.29) is 24.6 Å². The molecule has 1 rings (SSSR count). The van der Waals surface area contributed by atoms with Crippen molar-refractivity contribution in [1.82, 2.24) is 5.32 Å². The number of rotatable bonds is 8. The van der Waals surface area contributed by atoms with Crippen molar-refractivity contribution in [3.8, 4) is 5.75 Å². The van der Waals surface area contributed by atoms with Crippen LogP contribution in [0.2, 0.25) is 0 Å². The third-order valence-corrected chi connectivity index (χ3v) is 2.93. The van der Waals surface area contributed by atoms with E-state index in [9.17, 15) is 9.90 Å². The quantitative estimate of drug-likeness (QED) is 0.682. The zero-order valence-corrected chi connectivity index (χ0v) is 13.0. The molecular weight excluding hydrogens is 268 g/mol. The van der Waals surface area contributed by atoms with Gasteiger partial charge in [0.25, 0.3) is 0 Å². The molecule has 0 aliphatic heterocycles. The standard InChI is InChI=1S/C16H26N2O3/c1-11(2)21-14-6-4-5-13(9-14)15(19)10-18-16(20)8-7-12(3)17/h4-6,9,11-12,15,19H,7-8,10,17H2,1-3H3,(H,18,20). The molecule has 0 spiro atoms. The monoisotopic (exact) mass is 294 g/mol.